The van der Waals surface area contributed by atoms with Crippen LogP contribution in [0.15, 0.2) is 82.7 Å². The molecule has 1 aliphatic rings. The molecule has 3 aromatic rings. The molecule has 1 N–H and O–H groups in total. The minimum Gasteiger partial charge on any atom is -0.496 e. The zero-order valence-electron chi connectivity index (χ0n) is 21.5. The molecule has 4 rings (SSSR count). The predicted molar refractivity (Wildman–Crippen MR) is 145 cm³/mol. The van der Waals surface area contributed by atoms with Gasteiger partial charge in [-0.3, -0.25) is 9.89 Å². The Bertz CT molecular complexity index is 1460. The van der Waals surface area contributed by atoms with E-state index in [4.69, 9.17) is 9.47 Å². The summed E-state index contributed by atoms with van der Waals surface area (Å²) >= 11 is 0. The Morgan fingerprint density at radius 3 is 2.26 bits per heavy atom. The molecule has 0 aromatic heterocycles. The summed E-state index contributed by atoms with van der Waals surface area (Å²) in [4.78, 5) is 17.4. The van der Waals surface area contributed by atoms with Crippen LogP contribution in [0.25, 0.3) is 11.1 Å². The third kappa shape index (κ3) is 5.87. The number of carbonyl (C=O) groups is 1. The first-order chi connectivity index (χ1) is 18.8. The number of hydrogen-bond acceptors (Lipinski definition) is 7. The number of ether oxygens (including phenoxy) is 2. The molecule has 0 radical (unpaired) electrons. The number of benzene rings is 3. The van der Waals surface area contributed by atoms with Crippen molar-refractivity contribution in [1.82, 2.24) is 9.21 Å². The van der Waals surface area contributed by atoms with E-state index in [0.29, 0.717) is 23.5 Å². The summed E-state index contributed by atoms with van der Waals surface area (Å²) < 4.78 is 38.0. The highest BCUT2D eigenvalue weighted by atomic mass is 32.2. The largest absolute Gasteiger partial charge is 0.496 e. The molecule has 0 aliphatic carbocycles. The maximum absolute atomic E-state index is 12.9. The Morgan fingerprint density at radius 2 is 1.74 bits per heavy atom. The van der Waals surface area contributed by atoms with Crippen molar-refractivity contribution in [3.8, 4) is 28.8 Å². The summed E-state index contributed by atoms with van der Waals surface area (Å²) in [5.41, 5.74) is 2.28. The smallest absolute Gasteiger partial charge is 0.327 e. The van der Waals surface area contributed by atoms with Crippen molar-refractivity contribution >= 4 is 22.3 Å². The van der Waals surface area contributed by atoms with E-state index in [1.165, 1.54) is 16.4 Å². The lowest BCUT2D eigenvalue weighted by Gasteiger charge is -2.37. The molecule has 0 bridgehead atoms. The van der Waals surface area contributed by atoms with Crippen molar-refractivity contribution in [2.24, 2.45) is 4.99 Å². The highest BCUT2D eigenvalue weighted by Gasteiger charge is 2.38. The Balaban J connectivity index is 1.50. The van der Waals surface area contributed by atoms with E-state index in [2.05, 4.69) is 4.99 Å². The van der Waals surface area contributed by atoms with Crippen LogP contribution in [0.3, 0.4) is 0 Å². The lowest BCUT2D eigenvalue weighted by molar-refractivity contribution is -0.140. The van der Waals surface area contributed by atoms with Crippen molar-refractivity contribution in [3.05, 3.63) is 78.4 Å². The quantitative estimate of drug-likeness (QED) is 0.166. The molecule has 0 saturated carbocycles. The predicted octanol–water partition coefficient (Wildman–Crippen LogP) is 3.60. The molecule has 1 fully saturated rings. The number of rotatable bonds is 11. The van der Waals surface area contributed by atoms with Gasteiger partial charge in [-0.15, -0.1) is 0 Å². The van der Waals surface area contributed by atoms with Crippen LogP contribution in [0.4, 0.5) is 0 Å². The topological polar surface area (TPSA) is 133 Å². The first-order valence-electron chi connectivity index (χ1n) is 12.1. The number of nitriles is 1. The Kier molecular flexibility index (Phi) is 8.49. The summed E-state index contributed by atoms with van der Waals surface area (Å²) in [5.74, 6) is 0.0641. The van der Waals surface area contributed by atoms with Crippen LogP contribution in [-0.2, 0) is 21.2 Å². The van der Waals surface area contributed by atoms with Gasteiger partial charge in [0.25, 0.3) is 0 Å². The zero-order valence-corrected chi connectivity index (χ0v) is 22.3. The first-order valence-corrected chi connectivity index (χ1v) is 13.6. The summed E-state index contributed by atoms with van der Waals surface area (Å²) in [5, 5.41) is 19.6. The van der Waals surface area contributed by atoms with Crippen LogP contribution in [0, 0.1) is 11.5 Å². The van der Waals surface area contributed by atoms with Crippen molar-refractivity contribution in [3.63, 3.8) is 0 Å². The average molecular weight is 549 g/mol. The van der Waals surface area contributed by atoms with Crippen molar-refractivity contribution in [2.45, 2.75) is 29.9 Å². The molecule has 0 amide bonds. The number of carboxylic acids is 1. The number of nitrogens with zero attached hydrogens (tertiary/aromatic N) is 4. The van der Waals surface area contributed by atoms with E-state index in [-0.39, 0.29) is 17.9 Å². The van der Waals surface area contributed by atoms with Crippen LogP contribution in [0.5, 0.6) is 11.5 Å². The molecule has 1 heterocycles. The molecule has 202 valence electrons. The second kappa shape index (κ2) is 12.0. The molecule has 2 atom stereocenters. The minimum absolute atomic E-state index is 0.0228. The van der Waals surface area contributed by atoms with Gasteiger partial charge in [0.05, 0.1) is 24.7 Å². The molecule has 1 saturated heterocycles. The van der Waals surface area contributed by atoms with Crippen LogP contribution >= 0.6 is 0 Å². The van der Waals surface area contributed by atoms with Gasteiger partial charge in [0.2, 0.25) is 10.0 Å². The minimum atomic E-state index is -3.74. The summed E-state index contributed by atoms with van der Waals surface area (Å²) in [6, 6.07) is 19.5. The summed E-state index contributed by atoms with van der Waals surface area (Å²) in [6.07, 6.45) is 2.75. The molecule has 39 heavy (non-hydrogen) atoms. The molecule has 10 nitrogen and oxygen atoms in total. The maximum Gasteiger partial charge on any atom is 0.327 e. The molecule has 11 heteroatoms. The highest BCUT2D eigenvalue weighted by molar-refractivity contribution is 7.89. The van der Waals surface area contributed by atoms with Gasteiger partial charge in [-0.1, -0.05) is 48.5 Å². The van der Waals surface area contributed by atoms with Gasteiger partial charge in [0, 0.05) is 13.0 Å². The molecule has 1 unspecified atom stereocenters. The number of methoxy groups -OCH3 is 2. The Hall–Kier alpha value is -4.40. The van der Waals surface area contributed by atoms with Gasteiger partial charge in [0.1, 0.15) is 30.0 Å². The fraction of sp³-hybridized carbons (Fsp3) is 0.250. The third-order valence-corrected chi connectivity index (χ3v) is 8.40. The van der Waals surface area contributed by atoms with E-state index in [0.717, 1.165) is 22.4 Å². The number of carboxylic acid groups (broad SMARTS) is 1. The van der Waals surface area contributed by atoms with Crippen molar-refractivity contribution in [2.75, 3.05) is 20.8 Å². The van der Waals surface area contributed by atoms with E-state index in [1.54, 1.807) is 44.6 Å². The molecule has 3 aromatic carbocycles. The Labute approximate surface area is 227 Å². The van der Waals surface area contributed by atoms with E-state index in [1.807, 2.05) is 36.5 Å². The van der Waals surface area contributed by atoms with Crippen molar-refractivity contribution < 1.29 is 27.8 Å². The maximum atomic E-state index is 12.9. The standard InChI is InChI=1S/C28H28N4O6S/c1-37-24-9-6-10-25(38-2)27(24)21-13-11-20(12-14-21)17-23(28(33)34)31(18-29)19-30-26-15-16-32(26)39(35,36)22-7-4-3-5-8-22/h3-14,19,23,26H,15-17H2,1-2H3,(H,33,34)/b30-19+/t23-,26?/m0/s1. The van der Waals surface area contributed by atoms with Crippen LogP contribution in [0.2, 0.25) is 0 Å². The third-order valence-electron chi connectivity index (χ3n) is 6.49. The summed E-state index contributed by atoms with van der Waals surface area (Å²) in [6.45, 7) is 0.289. The monoisotopic (exact) mass is 548 g/mol. The van der Waals surface area contributed by atoms with Crippen LogP contribution in [0.1, 0.15) is 12.0 Å². The van der Waals surface area contributed by atoms with E-state index < -0.39 is 28.2 Å². The fourth-order valence-corrected chi connectivity index (χ4v) is 5.90. The van der Waals surface area contributed by atoms with Crippen LogP contribution < -0.4 is 9.47 Å². The van der Waals surface area contributed by atoms with Gasteiger partial charge in [0.15, 0.2) is 6.19 Å². The lowest BCUT2D eigenvalue weighted by atomic mass is 9.99. The second-order valence-corrected chi connectivity index (χ2v) is 10.7. The number of aliphatic carboxylic acids is 1. The van der Waals surface area contributed by atoms with E-state index >= 15 is 0 Å². The van der Waals surface area contributed by atoms with Gasteiger partial charge in [-0.2, -0.15) is 9.57 Å². The zero-order chi connectivity index (χ0) is 28.0. The second-order valence-electron chi connectivity index (χ2n) is 8.76. The van der Waals surface area contributed by atoms with Gasteiger partial charge >= 0.3 is 5.97 Å². The fourth-order valence-electron chi connectivity index (χ4n) is 4.30. The lowest BCUT2D eigenvalue weighted by Crippen LogP contribution is -2.50. The first kappa shape index (κ1) is 27.6. The Morgan fingerprint density at radius 1 is 1.10 bits per heavy atom. The van der Waals surface area contributed by atoms with Gasteiger partial charge in [-0.05, 0) is 41.8 Å². The number of aliphatic imine (C=N–C) groups is 1. The van der Waals surface area contributed by atoms with Gasteiger partial charge in [-0.25, -0.2) is 13.2 Å². The highest BCUT2D eigenvalue weighted by Crippen LogP contribution is 2.38. The van der Waals surface area contributed by atoms with Crippen LogP contribution in [-0.4, -0.2) is 68.0 Å². The molecule has 0 spiro atoms. The molecular formula is C28H28N4O6S. The summed E-state index contributed by atoms with van der Waals surface area (Å²) in [7, 11) is -0.601. The SMILES string of the molecule is COc1cccc(OC)c1-c1ccc(C[C@@H](C(=O)O)N(C#N)/C=N/C2CCN2S(=O)(=O)c2ccccc2)cc1. The molecular weight excluding hydrogens is 520 g/mol. The van der Waals surface area contributed by atoms with Crippen molar-refractivity contribution in [1.29, 1.82) is 5.26 Å². The molecule has 1 aliphatic heterocycles. The number of hydrogen-bond donors (Lipinski definition) is 1. The number of sulfonamides is 1. The normalized spacial score (nSPS) is 16.2. The van der Waals surface area contributed by atoms with Gasteiger partial charge < -0.3 is 14.6 Å². The average Bonchev–Trinajstić information content (AvgIpc) is 2.93. The van der Waals surface area contributed by atoms with E-state index in [9.17, 15) is 23.6 Å².